The predicted octanol–water partition coefficient (Wildman–Crippen LogP) is 2.44. The number of hydrogen-bond donors (Lipinski definition) is 1. The van der Waals surface area contributed by atoms with E-state index >= 15 is 0 Å². The average molecular weight is 256 g/mol. The van der Waals surface area contributed by atoms with Crippen molar-refractivity contribution in [3.05, 3.63) is 28.7 Å². The largest absolute Gasteiger partial charge is 0.493 e. The van der Waals surface area contributed by atoms with E-state index in [2.05, 4.69) is 21.2 Å². The summed E-state index contributed by atoms with van der Waals surface area (Å²) in [5.74, 6) is 1.64. The van der Waals surface area contributed by atoms with Crippen LogP contribution < -0.4 is 10.1 Å². The highest BCUT2D eigenvalue weighted by atomic mass is 79.9. The van der Waals surface area contributed by atoms with Crippen molar-refractivity contribution in [1.82, 2.24) is 5.32 Å². The predicted molar refractivity (Wildman–Crippen MR) is 60.6 cm³/mol. The molecule has 0 saturated carbocycles. The van der Waals surface area contributed by atoms with Gasteiger partial charge in [0.1, 0.15) is 5.75 Å². The van der Waals surface area contributed by atoms with Crippen LogP contribution in [0, 0.1) is 5.92 Å². The van der Waals surface area contributed by atoms with Crippen molar-refractivity contribution in [2.75, 3.05) is 19.7 Å². The molecule has 1 aromatic carbocycles. The molecule has 0 amide bonds. The molecule has 0 bridgehead atoms. The Morgan fingerprint density at radius 2 is 2.14 bits per heavy atom. The molecule has 14 heavy (non-hydrogen) atoms. The first-order valence-corrected chi connectivity index (χ1v) is 5.73. The van der Waals surface area contributed by atoms with E-state index in [0.717, 1.165) is 29.9 Å². The van der Waals surface area contributed by atoms with Gasteiger partial charge in [0.05, 0.1) is 6.61 Å². The zero-order valence-electron chi connectivity index (χ0n) is 8.00. The Hall–Kier alpha value is -0.540. The zero-order chi connectivity index (χ0) is 9.80. The third-order valence-electron chi connectivity index (χ3n) is 2.46. The average Bonchev–Trinajstić information content (AvgIpc) is 2.70. The van der Waals surface area contributed by atoms with Gasteiger partial charge in [-0.1, -0.05) is 15.9 Å². The summed E-state index contributed by atoms with van der Waals surface area (Å²) in [6, 6.07) is 7.99. The first-order chi connectivity index (χ1) is 6.84. The molecule has 1 heterocycles. The van der Waals surface area contributed by atoms with Gasteiger partial charge in [-0.25, -0.2) is 0 Å². The van der Waals surface area contributed by atoms with Crippen molar-refractivity contribution in [3.63, 3.8) is 0 Å². The monoisotopic (exact) mass is 255 g/mol. The van der Waals surface area contributed by atoms with Gasteiger partial charge in [0, 0.05) is 16.9 Å². The fraction of sp³-hybridized carbons (Fsp3) is 0.455. The van der Waals surface area contributed by atoms with Gasteiger partial charge in [-0.3, -0.25) is 0 Å². The number of halogens is 1. The van der Waals surface area contributed by atoms with Crippen LogP contribution in [0.15, 0.2) is 28.7 Å². The molecule has 76 valence electrons. The lowest BCUT2D eigenvalue weighted by molar-refractivity contribution is 0.260. The van der Waals surface area contributed by atoms with Crippen LogP contribution in [-0.2, 0) is 0 Å². The van der Waals surface area contributed by atoms with Gasteiger partial charge < -0.3 is 10.1 Å². The van der Waals surface area contributed by atoms with Crippen LogP contribution in [0.1, 0.15) is 6.42 Å². The molecule has 1 N–H and O–H groups in total. The highest BCUT2D eigenvalue weighted by Crippen LogP contribution is 2.17. The molecular formula is C11H14BrNO. The van der Waals surface area contributed by atoms with Crippen molar-refractivity contribution >= 4 is 15.9 Å². The van der Waals surface area contributed by atoms with Crippen molar-refractivity contribution < 1.29 is 4.74 Å². The fourth-order valence-corrected chi connectivity index (χ4v) is 1.87. The molecule has 0 unspecified atom stereocenters. The Kier molecular flexibility index (Phi) is 3.43. The highest BCUT2D eigenvalue weighted by molar-refractivity contribution is 9.10. The number of benzene rings is 1. The van der Waals surface area contributed by atoms with Crippen LogP contribution in [0.25, 0.3) is 0 Å². The molecule has 0 aliphatic carbocycles. The fourth-order valence-electron chi connectivity index (χ4n) is 1.60. The van der Waals surface area contributed by atoms with Gasteiger partial charge >= 0.3 is 0 Å². The van der Waals surface area contributed by atoms with Crippen molar-refractivity contribution in [2.24, 2.45) is 5.92 Å². The lowest BCUT2D eigenvalue weighted by Gasteiger charge is -2.10. The van der Waals surface area contributed by atoms with Gasteiger partial charge in [0.15, 0.2) is 0 Å². The maximum absolute atomic E-state index is 5.68. The maximum Gasteiger partial charge on any atom is 0.119 e. The minimum Gasteiger partial charge on any atom is -0.493 e. The lowest BCUT2D eigenvalue weighted by Crippen LogP contribution is -2.15. The second kappa shape index (κ2) is 4.80. The first kappa shape index (κ1) is 9.99. The Labute approximate surface area is 92.8 Å². The van der Waals surface area contributed by atoms with Crippen LogP contribution in [0.5, 0.6) is 5.75 Å². The molecule has 0 spiro atoms. The molecule has 2 nitrogen and oxygen atoms in total. The molecule has 1 atom stereocenters. The third kappa shape index (κ3) is 2.72. The van der Waals surface area contributed by atoms with E-state index in [1.165, 1.54) is 6.42 Å². The van der Waals surface area contributed by atoms with Crippen LogP contribution in [0.2, 0.25) is 0 Å². The maximum atomic E-state index is 5.68. The normalized spacial score (nSPS) is 21.1. The van der Waals surface area contributed by atoms with Crippen LogP contribution in [0.3, 0.4) is 0 Å². The van der Waals surface area contributed by atoms with E-state index in [1.54, 1.807) is 0 Å². The van der Waals surface area contributed by atoms with Gasteiger partial charge in [0.2, 0.25) is 0 Å². The molecule has 0 radical (unpaired) electrons. The molecule has 1 fully saturated rings. The molecule has 3 heteroatoms. The number of ether oxygens (including phenoxy) is 1. The number of hydrogen-bond acceptors (Lipinski definition) is 2. The molecule has 1 saturated heterocycles. The zero-order valence-corrected chi connectivity index (χ0v) is 9.59. The summed E-state index contributed by atoms with van der Waals surface area (Å²) < 4.78 is 6.77. The van der Waals surface area contributed by atoms with Crippen LogP contribution in [0.4, 0.5) is 0 Å². The second-order valence-corrected chi connectivity index (χ2v) is 4.54. The summed E-state index contributed by atoms with van der Waals surface area (Å²) in [6.45, 7) is 3.06. The number of rotatable bonds is 3. The van der Waals surface area contributed by atoms with E-state index in [-0.39, 0.29) is 0 Å². The minimum atomic E-state index is 0.679. The Morgan fingerprint density at radius 3 is 2.79 bits per heavy atom. The highest BCUT2D eigenvalue weighted by Gasteiger charge is 2.14. The molecule has 1 aliphatic rings. The number of nitrogens with one attached hydrogen (secondary N) is 1. The molecular weight excluding hydrogens is 242 g/mol. The summed E-state index contributed by atoms with van der Waals surface area (Å²) >= 11 is 3.40. The van der Waals surface area contributed by atoms with Gasteiger partial charge in [0.25, 0.3) is 0 Å². The van der Waals surface area contributed by atoms with E-state index in [1.807, 2.05) is 24.3 Å². The van der Waals surface area contributed by atoms with E-state index < -0.39 is 0 Å². The van der Waals surface area contributed by atoms with E-state index in [9.17, 15) is 0 Å². The summed E-state index contributed by atoms with van der Waals surface area (Å²) in [5, 5.41) is 3.33. The van der Waals surface area contributed by atoms with E-state index in [4.69, 9.17) is 4.74 Å². The van der Waals surface area contributed by atoms with Crippen molar-refractivity contribution in [3.8, 4) is 5.75 Å². The second-order valence-electron chi connectivity index (χ2n) is 3.62. The smallest absolute Gasteiger partial charge is 0.119 e. The summed E-state index contributed by atoms with van der Waals surface area (Å²) in [5.41, 5.74) is 0. The van der Waals surface area contributed by atoms with Crippen LogP contribution in [-0.4, -0.2) is 19.7 Å². The van der Waals surface area contributed by atoms with Crippen molar-refractivity contribution in [2.45, 2.75) is 6.42 Å². The molecule has 0 aromatic heterocycles. The molecule has 1 aromatic rings. The topological polar surface area (TPSA) is 21.3 Å². The third-order valence-corrected chi connectivity index (χ3v) is 2.99. The van der Waals surface area contributed by atoms with Gasteiger partial charge in [-0.05, 0) is 37.2 Å². The standard InChI is InChI=1S/C11H14BrNO/c12-10-1-3-11(4-2-10)14-8-9-5-6-13-7-9/h1-4,9,13H,5-8H2/t9-/m0/s1. The summed E-state index contributed by atoms with van der Waals surface area (Å²) in [7, 11) is 0. The van der Waals surface area contributed by atoms with Gasteiger partial charge in [-0.2, -0.15) is 0 Å². The van der Waals surface area contributed by atoms with E-state index in [0.29, 0.717) is 5.92 Å². The Morgan fingerprint density at radius 1 is 1.36 bits per heavy atom. The first-order valence-electron chi connectivity index (χ1n) is 4.94. The Balaban J connectivity index is 1.82. The molecule has 1 aliphatic heterocycles. The van der Waals surface area contributed by atoms with Crippen molar-refractivity contribution in [1.29, 1.82) is 0 Å². The quantitative estimate of drug-likeness (QED) is 0.896. The minimum absolute atomic E-state index is 0.679. The SMILES string of the molecule is Brc1ccc(OC[C@H]2CCNC2)cc1. The Bertz CT molecular complexity index is 280. The lowest BCUT2D eigenvalue weighted by atomic mass is 10.1. The summed E-state index contributed by atoms with van der Waals surface area (Å²) in [6.07, 6.45) is 1.23. The van der Waals surface area contributed by atoms with Gasteiger partial charge in [-0.15, -0.1) is 0 Å². The molecule has 2 rings (SSSR count). The van der Waals surface area contributed by atoms with Crippen LogP contribution >= 0.6 is 15.9 Å². The summed E-state index contributed by atoms with van der Waals surface area (Å²) in [4.78, 5) is 0.